The highest BCUT2D eigenvalue weighted by molar-refractivity contribution is 9.10. The van der Waals surface area contributed by atoms with Crippen LogP contribution in [-0.2, 0) is 15.6 Å². The molecule has 0 aliphatic carbocycles. The Hall–Kier alpha value is -0.960. The van der Waals surface area contributed by atoms with Gasteiger partial charge in [-0.3, -0.25) is 0 Å². The molecule has 0 aliphatic rings. The van der Waals surface area contributed by atoms with E-state index in [1.165, 1.54) is 17.4 Å². The van der Waals surface area contributed by atoms with Crippen molar-refractivity contribution in [2.45, 2.75) is 24.3 Å². The summed E-state index contributed by atoms with van der Waals surface area (Å²) in [5.74, 6) is 0. The van der Waals surface area contributed by atoms with Crippen LogP contribution in [0.25, 0.3) is 0 Å². The first-order valence-corrected chi connectivity index (χ1v) is 8.87. The lowest BCUT2D eigenvalue weighted by atomic mass is 10.1. The summed E-state index contributed by atoms with van der Waals surface area (Å²) in [7, 11) is -3.68. The van der Waals surface area contributed by atoms with E-state index in [9.17, 15) is 8.42 Å². The molecule has 2 aromatic rings. The molecule has 0 saturated heterocycles. The second-order valence-corrected chi connectivity index (χ2v) is 8.16. The fourth-order valence-corrected chi connectivity index (χ4v) is 4.96. The van der Waals surface area contributed by atoms with Gasteiger partial charge in [-0.1, -0.05) is 0 Å². The number of halogens is 1. The van der Waals surface area contributed by atoms with E-state index in [4.69, 9.17) is 5.73 Å². The Morgan fingerprint density at radius 2 is 2.10 bits per heavy atom. The molecule has 1 heterocycles. The van der Waals surface area contributed by atoms with Crippen molar-refractivity contribution in [1.82, 2.24) is 9.71 Å². The molecule has 0 amide bonds. The Labute approximate surface area is 130 Å². The van der Waals surface area contributed by atoms with E-state index in [2.05, 4.69) is 25.6 Å². The topological polar surface area (TPSA) is 85.1 Å². The molecule has 0 unspecified atom stereocenters. The summed E-state index contributed by atoms with van der Waals surface area (Å²) in [5.41, 5.74) is 5.33. The largest absolute Gasteiger partial charge is 0.399 e. The second kappa shape index (κ2) is 5.44. The van der Waals surface area contributed by atoms with Gasteiger partial charge in [-0.05, 0) is 48.0 Å². The van der Waals surface area contributed by atoms with E-state index in [0.717, 1.165) is 0 Å². The average Bonchev–Trinajstić information content (AvgIpc) is 2.80. The number of benzene rings is 1. The highest BCUT2D eigenvalue weighted by Crippen LogP contribution is 2.28. The van der Waals surface area contributed by atoms with Crippen LogP contribution >= 0.6 is 27.3 Å². The molecule has 0 fully saturated rings. The number of hydrogen-bond donors (Lipinski definition) is 2. The normalized spacial score (nSPS) is 12.6. The van der Waals surface area contributed by atoms with Crippen LogP contribution < -0.4 is 10.5 Å². The molecule has 1 aromatic heterocycles. The fraction of sp³-hybridized carbons (Fsp3) is 0.250. The van der Waals surface area contributed by atoms with E-state index in [1.54, 1.807) is 32.2 Å². The number of nitrogens with zero attached hydrogens (tertiary/aromatic N) is 1. The molecular weight excluding hydrogens is 362 g/mol. The summed E-state index contributed by atoms with van der Waals surface area (Å²) >= 11 is 4.63. The third-order valence-electron chi connectivity index (χ3n) is 2.60. The average molecular weight is 376 g/mol. The van der Waals surface area contributed by atoms with Gasteiger partial charge < -0.3 is 5.73 Å². The minimum Gasteiger partial charge on any atom is -0.399 e. The lowest BCUT2D eigenvalue weighted by Crippen LogP contribution is -2.40. The number of nitrogen functional groups attached to an aromatic ring is 1. The maximum atomic E-state index is 12.5. The summed E-state index contributed by atoms with van der Waals surface area (Å²) in [6, 6.07) is 4.58. The first-order chi connectivity index (χ1) is 9.22. The van der Waals surface area contributed by atoms with Crippen LogP contribution in [0.2, 0.25) is 0 Å². The van der Waals surface area contributed by atoms with Gasteiger partial charge in [0.1, 0.15) is 5.01 Å². The minimum atomic E-state index is -3.68. The van der Waals surface area contributed by atoms with Gasteiger partial charge in [0, 0.05) is 21.7 Å². The van der Waals surface area contributed by atoms with Crippen LogP contribution in [0.15, 0.2) is 39.1 Å². The maximum absolute atomic E-state index is 12.5. The van der Waals surface area contributed by atoms with Gasteiger partial charge in [0.15, 0.2) is 0 Å². The van der Waals surface area contributed by atoms with Crippen molar-refractivity contribution in [3.63, 3.8) is 0 Å². The number of hydrogen-bond acceptors (Lipinski definition) is 5. The van der Waals surface area contributed by atoms with Gasteiger partial charge in [0.05, 0.1) is 10.4 Å². The number of aromatic nitrogens is 1. The Morgan fingerprint density at radius 1 is 1.40 bits per heavy atom. The van der Waals surface area contributed by atoms with Crippen molar-refractivity contribution >= 4 is 43.0 Å². The zero-order chi connectivity index (χ0) is 15.0. The van der Waals surface area contributed by atoms with Gasteiger partial charge >= 0.3 is 0 Å². The number of thiazole rings is 1. The second-order valence-electron chi connectivity index (χ2n) is 4.76. The fourth-order valence-electron chi connectivity index (χ4n) is 1.70. The van der Waals surface area contributed by atoms with Crippen LogP contribution in [-0.4, -0.2) is 13.4 Å². The quantitative estimate of drug-likeness (QED) is 0.804. The molecule has 3 N–H and O–H groups in total. The molecular formula is C12H14BrN3O2S2. The van der Waals surface area contributed by atoms with Crippen molar-refractivity contribution in [1.29, 1.82) is 0 Å². The molecule has 1 aromatic carbocycles. The molecule has 5 nitrogen and oxygen atoms in total. The molecule has 0 bridgehead atoms. The lowest BCUT2D eigenvalue weighted by Gasteiger charge is -2.23. The van der Waals surface area contributed by atoms with Crippen molar-refractivity contribution < 1.29 is 8.42 Å². The minimum absolute atomic E-state index is 0.149. The molecule has 2 rings (SSSR count). The summed E-state index contributed by atoms with van der Waals surface area (Å²) in [4.78, 5) is 4.31. The molecule has 108 valence electrons. The Bertz CT molecular complexity index is 712. The zero-order valence-corrected chi connectivity index (χ0v) is 14.1. The molecule has 0 radical (unpaired) electrons. The Morgan fingerprint density at radius 3 is 2.65 bits per heavy atom. The van der Waals surface area contributed by atoms with Crippen LogP contribution in [0.1, 0.15) is 18.9 Å². The predicted octanol–water partition coefficient (Wildman–Crippen LogP) is 2.70. The number of nitrogens with two attached hydrogens (primary N) is 1. The Kier molecular flexibility index (Phi) is 4.19. The molecule has 0 aliphatic heterocycles. The summed E-state index contributed by atoms with van der Waals surface area (Å²) in [6.45, 7) is 3.54. The van der Waals surface area contributed by atoms with Gasteiger partial charge in [0.2, 0.25) is 10.0 Å². The third-order valence-corrected chi connectivity index (χ3v) is 6.33. The lowest BCUT2D eigenvalue weighted by molar-refractivity contribution is 0.469. The van der Waals surface area contributed by atoms with Crippen molar-refractivity contribution in [2.24, 2.45) is 0 Å². The third kappa shape index (κ3) is 3.20. The van der Waals surface area contributed by atoms with Crippen LogP contribution in [0.3, 0.4) is 0 Å². The maximum Gasteiger partial charge on any atom is 0.242 e. The van der Waals surface area contributed by atoms with Crippen molar-refractivity contribution in [3.8, 4) is 0 Å². The molecule has 0 atom stereocenters. The first kappa shape index (κ1) is 15.4. The van der Waals surface area contributed by atoms with E-state index in [0.29, 0.717) is 15.2 Å². The summed E-state index contributed by atoms with van der Waals surface area (Å²) in [6.07, 6.45) is 1.65. The van der Waals surface area contributed by atoms with E-state index in [1.807, 2.05) is 5.38 Å². The van der Waals surface area contributed by atoms with Crippen LogP contribution in [0.4, 0.5) is 5.69 Å². The smallest absolute Gasteiger partial charge is 0.242 e. The van der Waals surface area contributed by atoms with Gasteiger partial charge in [0.25, 0.3) is 0 Å². The monoisotopic (exact) mass is 375 g/mol. The predicted molar refractivity (Wildman–Crippen MR) is 84.0 cm³/mol. The zero-order valence-electron chi connectivity index (χ0n) is 10.9. The van der Waals surface area contributed by atoms with E-state index in [-0.39, 0.29) is 4.90 Å². The number of anilines is 1. The van der Waals surface area contributed by atoms with Crippen molar-refractivity contribution in [3.05, 3.63) is 39.3 Å². The van der Waals surface area contributed by atoms with Crippen LogP contribution in [0.5, 0.6) is 0 Å². The molecule has 20 heavy (non-hydrogen) atoms. The van der Waals surface area contributed by atoms with Gasteiger partial charge in [-0.2, -0.15) is 4.72 Å². The standard InChI is InChI=1S/C12H14BrN3O2S2/c1-12(2,11-15-5-6-19-11)16-20(17,18)10-4-3-8(14)7-9(10)13/h3-7,16H,14H2,1-2H3. The van der Waals surface area contributed by atoms with Crippen molar-refractivity contribution in [2.75, 3.05) is 5.73 Å². The van der Waals surface area contributed by atoms with E-state index < -0.39 is 15.6 Å². The summed E-state index contributed by atoms with van der Waals surface area (Å²) in [5, 5.41) is 2.51. The molecule has 8 heteroatoms. The highest BCUT2D eigenvalue weighted by atomic mass is 79.9. The number of nitrogens with one attached hydrogen (secondary N) is 1. The van der Waals surface area contributed by atoms with Gasteiger partial charge in [-0.25, -0.2) is 13.4 Å². The summed E-state index contributed by atoms with van der Waals surface area (Å²) < 4.78 is 28.0. The van der Waals surface area contributed by atoms with E-state index >= 15 is 0 Å². The molecule has 0 spiro atoms. The Balaban J connectivity index is 2.37. The molecule has 0 saturated carbocycles. The number of sulfonamides is 1. The SMILES string of the molecule is CC(C)(NS(=O)(=O)c1ccc(N)cc1Br)c1nccs1. The van der Waals surface area contributed by atoms with Crippen LogP contribution in [0, 0.1) is 0 Å². The number of rotatable bonds is 4. The van der Waals surface area contributed by atoms with Gasteiger partial charge in [-0.15, -0.1) is 11.3 Å². The highest BCUT2D eigenvalue weighted by Gasteiger charge is 2.31. The first-order valence-electron chi connectivity index (χ1n) is 5.71.